The maximum absolute atomic E-state index is 12.3. The summed E-state index contributed by atoms with van der Waals surface area (Å²) in [6, 6.07) is 7.58. The van der Waals surface area contributed by atoms with Crippen molar-refractivity contribution in [2.45, 2.75) is 32.2 Å². The molecule has 122 valence electrons. The van der Waals surface area contributed by atoms with E-state index in [9.17, 15) is 14.4 Å². The van der Waals surface area contributed by atoms with Gasteiger partial charge in [0, 0.05) is 24.7 Å². The van der Waals surface area contributed by atoms with Crippen molar-refractivity contribution in [3.05, 3.63) is 29.8 Å². The van der Waals surface area contributed by atoms with E-state index in [0.29, 0.717) is 19.4 Å². The fourth-order valence-corrected chi connectivity index (χ4v) is 3.11. The molecule has 1 saturated heterocycles. The van der Waals surface area contributed by atoms with Crippen molar-refractivity contribution in [1.29, 1.82) is 0 Å². The normalized spacial score (nSPS) is 26.7. The lowest BCUT2D eigenvalue weighted by Crippen LogP contribution is -2.48. The van der Waals surface area contributed by atoms with Crippen molar-refractivity contribution in [1.82, 2.24) is 5.32 Å². The summed E-state index contributed by atoms with van der Waals surface area (Å²) in [5, 5.41) is 11.7. The van der Waals surface area contributed by atoms with Gasteiger partial charge < -0.3 is 15.3 Å². The monoisotopic (exact) mass is 316 g/mol. The van der Waals surface area contributed by atoms with Crippen LogP contribution in [0.5, 0.6) is 0 Å². The van der Waals surface area contributed by atoms with Gasteiger partial charge in [-0.05, 0) is 31.9 Å². The highest BCUT2D eigenvalue weighted by Crippen LogP contribution is 2.29. The Bertz CT molecular complexity index is 634. The molecule has 1 aromatic rings. The maximum Gasteiger partial charge on any atom is 0.306 e. The SMILES string of the molecule is Cc1ccc(N2CC(C(=O)NC3CC(C(=O)O)C3)CC2=O)cc1. The molecule has 0 aromatic heterocycles. The average molecular weight is 316 g/mol. The summed E-state index contributed by atoms with van der Waals surface area (Å²) in [6.07, 6.45) is 1.15. The Hall–Kier alpha value is -2.37. The number of hydrogen-bond donors (Lipinski definition) is 2. The lowest BCUT2D eigenvalue weighted by Gasteiger charge is -2.33. The molecule has 3 rings (SSSR count). The van der Waals surface area contributed by atoms with Crippen LogP contribution in [0, 0.1) is 18.8 Å². The Balaban J connectivity index is 1.56. The zero-order chi connectivity index (χ0) is 16.6. The first-order valence-electron chi connectivity index (χ1n) is 7.84. The molecule has 1 aliphatic carbocycles. The zero-order valence-corrected chi connectivity index (χ0v) is 13.0. The lowest BCUT2D eigenvalue weighted by atomic mass is 9.80. The number of rotatable bonds is 4. The summed E-state index contributed by atoms with van der Waals surface area (Å²) in [6.45, 7) is 2.36. The van der Waals surface area contributed by atoms with E-state index in [0.717, 1.165) is 11.3 Å². The molecular weight excluding hydrogens is 296 g/mol. The first kappa shape index (κ1) is 15.5. The first-order valence-corrected chi connectivity index (χ1v) is 7.84. The minimum atomic E-state index is -0.808. The molecule has 1 heterocycles. The Labute approximate surface area is 134 Å². The van der Waals surface area contributed by atoms with Crippen molar-refractivity contribution < 1.29 is 19.5 Å². The fourth-order valence-electron chi connectivity index (χ4n) is 3.11. The summed E-state index contributed by atoms with van der Waals surface area (Å²) in [7, 11) is 0. The number of anilines is 1. The second-order valence-corrected chi connectivity index (χ2v) is 6.45. The van der Waals surface area contributed by atoms with E-state index in [1.807, 2.05) is 31.2 Å². The van der Waals surface area contributed by atoms with Crippen LogP contribution in [0.15, 0.2) is 24.3 Å². The highest BCUT2D eigenvalue weighted by atomic mass is 16.4. The van der Waals surface area contributed by atoms with Crippen LogP contribution in [0.3, 0.4) is 0 Å². The Morgan fingerprint density at radius 1 is 1.17 bits per heavy atom. The van der Waals surface area contributed by atoms with E-state index < -0.39 is 5.97 Å². The van der Waals surface area contributed by atoms with Gasteiger partial charge in [0.1, 0.15) is 0 Å². The van der Waals surface area contributed by atoms with Gasteiger partial charge in [0.15, 0.2) is 0 Å². The topological polar surface area (TPSA) is 86.7 Å². The number of hydrogen-bond acceptors (Lipinski definition) is 3. The molecule has 1 aromatic carbocycles. The van der Waals surface area contributed by atoms with E-state index >= 15 is 0 Å². The van der Waals surface area contributed by atoms with Gasteiger partial charge in [-0.2, -0.15) is 0 Å². The standard InChI is InChI=1S/C17H20N2O4/c1-10-2-4-14(5-3-10)19-9-12(8-15(19)20)16(21)18-13-6-11(7-13)17(22)23/h2-5,11-13H,6-9H2,1H3,(H,18,21)(H,22,23). The number of carboxylic acids is 1. The summed E-state index contributed by atoms with van der Waals surface area (Å²) in [4.78, 5) is 36.8. The molecule has 2 N–H and O–H groups in total. The third-order valence-corrected chi connectivity index (χ3v) is 4.68. The van der Waals surface area contributed by atoms with Crippen LogP contribution in [-0.4, -0.2) is 35.5 Å². The van der Waals surface area contributed by atoms with Crippen LogP contribution in [0.25, 0.3) is 0 Å². The van der Waals surface area contributed by atoms with E-state index in [2.05, 4.69) is 5.32 Å². The van der Waals surface area contributed by atoms with Crippen LogP contribution in [-0.2, 0) is 14.4 Å². The summed E-state index contributed by atoms with van der Waals surface area (Å²) in [5.74, 6) is -1.73. The smallest absolute Gasteiger partial charge is 0.306 e. The van der Waals surface area contributed by atoms with Crippen LogP contribution in [0.1, 0.15) is 24.8 Å². The number of aliphatic carboxylic acids is 1. The van der Waals surface area contributed by atoms with Crippen molar-refractivity contribution in [2.75, 3.05) is 11.4 Å². The minimum Gasteiger partial charge on any atom is -0.481 e. The van der Waals surface area contributed by atoms with E-state index in [1.54, 1.807) is 4.90 Å². The third-order valence-electron chi connectivity index (χ3n) is 4.68. The molecule has 0 spiro atoms. The van der Waals surface area contributed by atoms with E-state index in [1.165, 1.54) is 0 Å². The first-order chi connectivity index (χ1) is 10.9. The Morgan fingerprint density at radius 2 is 1.83 bits per heavy atom. The molecule has 0 bridgehead atoms. The van der Waals surface area contributed by atoms with Crippen LogP contribution in [0.2, 0.25) is 0 Å². The molecule has 1 saturated carbocycles. The quantitative estimate of drug-likeness (QED) is 0.877. The molecule has 0 radical (unpaired) electrons. The predicted octanol–water partition coefficient (Wildman–Crippen LogP) is 1.33. The van der Waals surface area contributed by atoms with Crippen molar-refractivity contribution in [3.63, 3.8) is 0 Å². The number of carboxylic acid groups (broad SMARTS) is 1. The second kappa shape index (κ2) is 6.02. The van der Waals surface area contributed by atoms with Crippen molar-refractivity contribution in [2.24, 2.45) is 11.8 Å². The predicted molar refractivity (Wildman–Crippen MR) is 83.9 cm³/mol. The number of nitrogens with one attached hydrogen (secondary N) is 1. The number of nitrogens with zero attached hydrogens (tertiary/aromatic N) is 1. The summed E-state index contributed by atoms with van der Waals surface area (Å²) < 4.78 is 0. The molecule has 6 nitrogen and oxygen atoms in total. The number of benzene rings is 1. The summed E-state index contributed by atoms with van der Waals surface area (Å²) >= 11 is 0. The fraction of sp³-hybridized carbons (Fsp3) is 0.471. The Kier molecular flexibility index (Phi) is 4.07. The average Bonchev–Trinajstić information content (AvgIpc) is 2.84. The van der Waals surface area contributed by atoms with Crippen LogP contribution in [0.4, 0.5) is 5.69 Å². The molecule has 23 heavy (non-hydrogen) atoms. The number of amides is 2. The number of carbonyl (C=O) groups is 3. The van der Waals surface area contributed by atoms with Crippen molar-refractivity contribution >= 4 is 23.5 Å². The van der Waals surface area contributed by atoms with E-state index in [4.69, 9.17) is 5.11 Å². The van der Waals surface area contributed by atoms with Gasteiger partial charge in [0.25, 0.3) is 0 Å². The molecule has 6 heteroatoms. The molecule has 2 amide bonds. The van der Waals surface area contributed by atoms with Gasteiger partial charge in [0.05, 0.1) is 11.8 Å². The van der Waals surface area contributed by atoms with Gasteiger partial charge in [0.2, 0.25) is 11.8 Å². The number of carbonyl (C=O) groups excluding carboxylic acids is 2. The molecule has 1 atom stereocenters. The van der Waals surface area contributed by atoms with Crippen molar-refractivity contribution in [3.8, 4) is 0 Å². The molecule has 2 aliphatic rings. The highest BCUT2D eigenvalue weighted by Gasteiger charge is 2.39. The lowest BCUT2D eigenvalue weighted by molar-refractivity contribution is -0.146. The summed E-state index contributed by atoms with van der Waals surface area (Å²) in [5.41, 5.74) is 1.93. The minimum absolute atomic E-state index is 0.0500. The largest absolute Gasteiger partial charge is 0.481 e. The van der Waals surface area contributed by atoms with Crippen LogP contribution >= 0.6 is 0 Å². The molecular formula is C17H20N2O4. The van der Waals surface area contributed by atoms with Gasteiger partial charge >= 0.3 is 5.97 Å². The van der Waals surface area contributed by atoms with Gasteiger partial charge in [-0.3, -0.25) is 14.4 Å². The van der Waals surface area contributed by atoms with Gasteiger partial charge in [-0.1, -0.05) is 17.7 Å². The second-order valence-electron chi connectivity index (χ2n) is 6.45. The third kappa shape index (κ3) is 3.21. The molecule has 2 fully saturated rings. The van der Waals surface area contributed by atoms with Gasteiger partial charge in [-0.15, -0.1) is 0 Å². The number of aryl methyl sites for hydroxylation is 1. The maximum atomic E-state index is 12.3. The zero-order valence-electron chi connectivity index (χ0n) is 13.0. The highest BCUT2D eigenvalue weighted by molar-refractivity contribution is 6.00. The molecule has 1 aliphatic heterocycles. The molecule has 1 unspecified atom stereocenters. The van der Waals surface area contributed by atoms with E-state index in [-0.39, 0.29) is 36.1 Å². The van der Waals surface area contributed by atoms with Gasteiger partial charge in [-0.25, -0.2) is 0 Å². The van der Waals surface area contributed by atoms with Crippen LogP contribution < -0.4 is 10.2 Å². The Morgan fingerprint density at radius 3 is 2.43 bits per heavy atom.